The number of aromatic nitrogens is 1. The monoisotopic (exact) mass is 377 g/mol. The van der Waals surface area contributed by atoms with Gasteiger partial charge in [-0.05, 0) is 41.5 Å². The zero-order valence-electron chi connectivity index (χ0n) is 15.5. The third-order valence-corrected chi connectivity index (χ3v) is 4.10. The number of carbonyl (C=O) groups is 2. The summed E-state index contributed by atoms with van der Waals surface area (Å²) in [6.45, 7) is 2.68. The second kappa shape index (κ2) is 8.35. The van der Waals surface area contributed by atoms with Crippen molar-refractivity contribution in [3.05, 3.63) is 95.0 Å². The van der Waals surface area contributed by atoms with Crippen LogP contribution in [-0.4, -0.2) is 11.9 Å². The predicted molar refractivity (Wildman–Crippen MR) is 102 cm³/mol. The maximum Gasteiger partial charge on any atom is 0.308 e. The van der Waals surface area contributed by atoms with Crippen molar-refractivity contribution in [1.29, 1.82) is 0 Å². The third kappa shape index (κ3) is 4.54. The lowest BCUT2D eigenvalue weighted by Crippen LogP contribution is -2.33. The molecule has 0 unspecified atom stereocenters. The van der Waals surface area contributed by atoms with E-state index < -0.39 is 11.9 Å². The van der Waals surface area contributed by atoms with Crippen LogP contribution in [0.1, 0.15) is 36.6 Å². The lowest BCUT2D eigenvalue weighted by Gasteiger charge is -2.18. The van der Waals surface area contributed by atoms with Gasteiger partial charge in [-0.15, -0.1) is 0 Å². The number of hydrogen-bond donors (Lipinski definition) is 0. The predicted octanol–water partition coefficient (Wildman–Crippen LogP) is 3.35. The Hall–Kier alpha value is -3.67. The van der Waals surface area contributed by atoms with E-state index in [0.29, 0.717) is 17.2 Å². The van der Waals surface area contributed by atoms with Crippen molar-refractivity contribution < 1.29 is 23.8 Å². The van der Waals surface area contributed by atoms with E-state index in [9.17, 15) is 14.8 Å². The van der Waals surface area contributed by atoms with Crippen molar-refractivity contribution in [2.24, 2.45) is 0 Å². The van der Waals surface area contributed by atoms with Crippen molar-refractivity contribution >= 4 is 11.9 Å². The average molecular weight is 377 g/mol. The first-order valence-electron chi connectivity index (χ1n) is 8.69. The zero-order chi connectivity index (χ0) is 20.1. The lowest BCUT2D eigenvalue weighted by molar-refractivity contribution is -0.614. The van der Waals surface area contributed by atoms with Crippen molar-refractivity contribution in [3.8, 4) is 11.5 Å². The Bertz CT molecular complexity index is 921. The molecule has 0 saturated carbocycles. The van der Waals surface area contributed by atoms with E-state index in [2.05, 4.69) is 0 Å². The quantitative estimate of drug-likeness (QED) is 0.295. The first-order valence-corrected chi connectivity index (χ1v) is 8.69. The van der Waals surface area contributed by atoms with Gasteiger partial charge in [-0.2, -0.15) is 4.73 Å². The van der Waals surface area contributed by atoms with Crippen LogP contribution in [0.3, 0.4) is 0 Å². The van der Waals surface area contributed by atoms with Crippen LogP contribution in [0.4, 0.5) is 0 Å². The van der Waals surface area contributed by atoms with E-state index >= 15 is 0 Å². The van der Waals surface area contributed by atoms with Gasteiger partial charge in [0.25, 0.3) is 0 Å². The van der Waals surface area contributed by atoms with Gasteiger partial charge in [-0.25, -0.2) is 0 Å². The minimum absolute atomic E-state index is 0.351. The average Bonchev–Trinajstić information content (AvgIpc) is 2.65. The van der Waals surface area contributed by atoms with E-state index in [-0.39, 0.29) is 5.92 Å². The smallest absolute Gasteiger partial charge is 0.308 e. The molecule has 0 aliphatic carbocycles. The molecule has 1 aromatic heterocycles. The van der Waals surface area contributed by atoms with Crippen LogP contribution >= 0.6 is 0 Å². The fourth-order valence-electron chi connectivity index (χ4n) is 2.99. The summed E-state index contributed by atoms with van der Waals surface area (Å²) in [5.74, 6) is -0.278. The molecule has 0 aliphatic rings. The number of pyridine rings is 1. The first-order chi connectivity index (χ1) is 13.4. The number of esters is 2. The van der Waals surface area contributed by atoms with Gasteiger partial charge < -0.3 is 14.7 Å². The van der Waals surface area contributed by atoms with Gasteiger partial charge in [-0.1, -0.05) is 24.3 Å². The van der Waals surface area contributed by atoms with Crippen molar-refractivity contribution in [1.82, 2.24) is 0 Å². The van der Waals surface area contributed by atoms with Gasteiger partial charge in [0.2, 0.25) is 5.69 Å². The number of nitrogens with zero attached hydrogens (tertiary/aromatic N) is 1. The summed E-state index contributed by atoms with van der Waals surface area (Å²) in [6.07, 6.45) is 1.45. The van der Waals surface area contributed by atoms with Crippen LogP contribution in [-0.2, 0) is 9.59 Å². The lowest BCUT2D eigenvalue weighted by atomic mass is 9.88. The van der Waals surface area contributed by atoms with Crippen molar-refractivity contribution in [2.45, 2.75) is 19.8 Å². The second-order valence-corrected chi connectivity index (χ2v) is 6.21. The van der Waals surface area contributed by atoms with Gasteiger partial charge >= 0.3 is 11.9 Å². The van der Waals surface area contributed by atoms with Crippen LogP contribution < -0.4 is 14.2 Å². The maximum atomic E-state index is 12.4. The van der Waals surface area contributed by atoms with E-state index in [0.717, 1.165) is 15.9 Å². The Kier molecular flexibility index (Phi) is 5.69. The van der Waals surface area contributed by atoms with E-state index in [1.807, 2.05) is 24.3 Å². The van der Waals surface area contributed by atoms with E-state index in [1.165, 1.54) is 20.0 Å². The van der Waals surface area contributed by atoms with E-state index in [4.69, 9.17) is 9.47 Å². The zero-order valence-corrected chi connectivity index (χ0v) is 15.5. The largest absolute Gasteiger partial charge is 0.618 e. The molecular formula is C22H19NO5. The molecule has 2 aromatic carbocycles. The minimum Gasteiger partial charge on any atom is -0.618 e. The Morgan fingerprint density at radius 1 is 0.786 bits per heavy atom. The fraction of sp³-hybridized carbons (Fsp3) is 0.136. The van der Waals surface area contributed by atoms with Crippen LogP contribution in [0.5, 0.6) is 11.5 Å². The Morgan fingerprint density at radius 3 is 1.64 bits per heavy atom. The molecule has 28 heavy (non-hydrogen) atoms. The molecule has 0 aliphatic heterocycles. The summed E-state index contributed by atoms with van der Waals surface area (Å²) in [5, 5.41) is 12.4. The molecule has 0 saturated heterocycles. The first kappa shape index (κ1) is 19.1. The molecule has 6 nitrogen and oxygen atoms in total. The number of rotatable bonds is 5. The molecular weight excluding hydrogens is 358 g/mol. The number of carbonyl (C=O) groups excluding carboxylic acids is 2. The standard InChI is InChI=1S/C22H19NO5/c1-15(24)27-19-10-6-17(7-11-19)22(21-5-3-4-14-23(21)26)18-8-12-20(13-9-18)28-16(2)25/h3-14,22H,1-2H3. The number of benzene rings is 2. The van der Waals surface area contributed by atoms with Gasteiger partial charge in [0, 0.05) is 26.0 Å². The van der Waals surface area contributed by atoms with Gasteiger partial charge in [-0.3, -0.25) is 9.59 Å². The molecule has 0 fully saturated rings. The highest BCUT2D eigenvalue weighted by molar-refractivity contribution is 5.69. The van der Waals surface area contributed by atoms with Gasteiger partial charge in [0.1, 0.15) is 11.5 Å². The molecule has 0 amide bonds. The van der Waals surface area contributed by atoms with Gasteiger partial charge in [0.05, 0.1) is 5.92 Å². The van der Waals surface area contributed by atoms with Crippen LogP contribution in [0.15, 0.2) is 72.9 Å². The molecule has 3 aromatic rings. The summed E-state index contributed by atoms with van der Waals surface area (Å²) in [4.78, 5) is 22.3. The third-order valence-electron chi connectivity index (χ3n) is 4.10. The summed E-state index contributed by atoms with van der Waals surface area (Å²) in [6, 6.07) is 19.3. The van der Waals surface area contributed by atoms with Gasteiger partial charge in [0.15, 0.2) is 6.20 Å². The van der Waals surface area contributed by atoms with Crippen LogP contribution in [0.2, 0.25) is 0 Å². The maximum absolute atomic E-state index is 12.4. The summed E-state index contributed by atoms with van der Waals surface area (Å²) in [5.41, 5.74) is 2.25. The summed E-state index contributed by atoms with van der Waals surface area (Å²) < 4.78 is 11.0. The fourth-order valence-corrected chi connectivity index (χ4v) is 2.99. The second-order valence-electron chi connectivity index (χ2n) is 6.21. The molecule has 3 rings (SSSR count). The molecule has 6 heteroatoms. The molecule has 1 heterocycles. The number of hydrogen-bond acceptors (Lipinski definition) is 5. The molecule has 142 valence electrons. The Labute approximate surface area is 162 Å². The normalized spacial score (nSPS) is 10.5. The minimum atomic E-state index is -0.397. The topological polar surface area (TPSA) is 79.5 Å². The van der Waals surface area contributed by atoms with Crippen LogP contribution in [0, 0.1) is 5.21 Å². The molecule has 0 atom stereocenters. The highest BCUT2D eigenvalue weighted by Gasteiger charge is 2.24. The summed E-state index contributed by atoms with van der Waals surface area (Å²) >= 11 is 0. The van der Waals surface area contributed by atoms with E-state index in [1.54, 1.807) is 42.5 Å². The number of ether oxygens (including phenoxy) is 2. The highest BCUT2D eigenvalue weighted by Crippen LogP contribution is 2.32. The SMILES string of the molecule is CC(=O)Oc1ccc(C(c2ccc(OC(C)=O)cc2)c2cccc[n+]2[O-])cc1. The van der Waals surface area contributed by atoms with Crippen molar-refractivity contribution in [3.63, 3.8) is 0 Å². The Morgan fingerprint density at radius 2 is 1.25 bits per heavy atom. The molecule has 0 radical (unpaired) electrons. The molecule has 0 N–H and O–H groups in total. The molecule has 0 spiro atoms. The Balaban J connectivity index is 2.02. The van der Waals surface area contributed by atoms with Crippen molar-refractivity contribution in [2.75, 3.05) is 0 Å². The highest BCUT2D eigenvalue weighted by atomic mass is 16.5. The van der Waals surface area contributed by atoms with Crippen LogP contribution in [0.25, 0.3) is 0 Å². The molecule has 0 bridgehead atoms. The summed E-state index contributed by atoms with van der Waals surface area (Å²) in [7, 11) is 0.